The average molecular weight is 675 g/mol. The molecule has 47 heavy (non-hydrogen) atoms. The largest absolute Gasteiger partial charge is 0.573 e. The number of halogens is 3. The van der Waals surface area contributed by atoms with Gasteiger partial charge in [0.15, 0.2) is 0 Å². The smallest absolute Gasteiger partial charge is 0.406 e. The quantitative estimate of drug-likeness (QED) is 0.0597. The number of nitrogens with zero attached hydrogens (tertiary/aromatic N) is 4. The molecule has 1 aliphatic heterocycles. The van der Waals surface area contributed by atoms with E-state index in [2.05, 4.69) is 41.0 Å². The fraction of sp³-hybridized carbons (Fsp3) is 0.344. The molecule has 11 nitrogen and oxygen atoms in total. The van der Waals surface area contributed by atoms with Crippen molar-refractivity contribution >= 4 is 46.3 Å². The Bertz CT molecular complexity index is 1550. The summed E-state index contributed by atoms with van der Waals surface area (Å²) in [5.74, 6) is 6.45. The number of fused-ring (bicyclic) bond motifs is 1. The second-order valence-electron chi connectivity index (χ2n) is 9.81. The number of aromatic nitrogens is 3. The third kappa shape index (κ3) is 12.5. The Morgan fingerprint density at radius 3 is 2.53 bits per heavy atom. The number of hydrazone groups is 1. The monoisotopic (exact) mass is 674 g/mol. The number of benzene rings is 2. The summed E-state index contributed by atoms with van der Waals surface area (Å²) in [5, 5.41) is 18.3. The van der Waals surface area contributed by atoms with Crippen molar-refractivity contribution in [2.24, 2.45) is 16.7 Å². The second kappa shape index (κ2) is 20.4. The molecule has 2 aromatic heterocycles. The maximum atomic E-state index is 12.4. The van der Waals surface area contributed by atoms with E-state index in [0.717, 1.165) is 64.4 Å². The number of hydrogen-bond acceptors (Lipinski definition) is 10. The van der Waals surface area contributed by atoms with Crippen LogP contribution in [0.15, 0.2) is 72.0 Å². The number of hydrogen-bond donors (Lipinski definition) is 4. The lowest BCUT2D eigenvalue weighted by molar-refractivity contribution is -0.274. The number of alkyl halides is 3. The average Bonchev–Trinajstić information content (AvgIpc) is 3.75. The van der Waals surface area contributed by atoms with Crippen molar-refractivity contribution in [3.05, 3.63) is 83.0 Å². The van der Waals surface area contributed by atoms with Crippen LogP contribution >= 0.6 is 11.3 Å². The predicted molar refractivity (Wildman–Crippen MR) is 181 cm³/mol. The highest BCUT2D eigenvalue weighted by Gasteiger charge is 2.31. The number of ether oxygens (including phenoxy) is 1. The zero-order valence-corrected chi connectivity index (χ0v) is 27.2. The summed E-state index contributed by atoms with van der Waals surface area (Å²) in [7, 11) is 3.33. The van der Waals surface area contributed by atoms with Crippen LogP contribution < -0.4 is 21.6 Å². The molecule has 1 saturated heterocycles. The Morgan fingerprint density at radius 1 is 1.17 bits per heavy atom. The van der Waals surface area contributed by atoms with Gasteiger partial charge in [-0.05, 0) is 68.1 Å². The summed E-state index contributed by atoms with van der Waals surface area (Å²) in [6.45, 7) is 3.63. The number of anilines is 1. The molecule has 6 N–H and O–H groups in total. The van der Waals surface area contributed by atoms with Crippen LogP contribution in [0.3, 0.4) is 0 Å². The van der Waals surface area contributed by atoms with Gasteiger partial charge in [-0.15, -0.1) is 23.4 Å². The number of rotatable bonds is 9. The number of nitrogens with two attached hydrogens (primary N) is 2. The highest BCUT2D eigenvalue weighted by atomic mass is 32.1. The van der Waals surface area contributed by atoms with Crippen molar-refractivity contribution in [3.8, 4) is 5.75 Å². The predicted octanol–water partition coefficient (Wildman–Crippen LogP) is 5.42. The van der Waals surface area contributed by atoms with Gasteiger partial charge in [-0.25, -0.2) is 0 Å². The molecule has 2 aromatic carbocycles. The van der Waals surface area contributed by atoms with E-state index < -0.39 is 6.36 Å². The molecule has 0 aliphatic carbocycles. The number of H-pyrrole nitrogens is 1. The van der Waals surface area contributed by atoms with E-state index in [-0.39, 0.29) is 5.75 Å². The molecule has 5 rings (SSSR count). The number of amidine groups is 1. The van der Waals surface area contributed by atoms with Crippen LogP contribution in [0.1, 0.15) is 41.3 Å². The lowest BCUT2D eigenvalue weighted by atomic mass is 9.97. The maximum Gasteiger partial charge on any atom is 0.573 e. The second-order valence-corrected chi connectivity index (χ2v) is 10.8. The zero-order chi connectivity index (χ0) is 34.7. The number of para-hydroxylation sites is 1. The normalized spacial score (nSPS) is 13.5. The molecule has 0 bridgehead atoms. The lowest BCUT2D eigenvalue weighted by Crippen LogP contribution is -2.37. The van der Waals surface area contributed by atoms with E-state index in [0.29, 0.717) is 31.0 Å². The molecule has 0 saturated carbocycles. The Hall–Kier alpha value is -4.76. The standard InChI is InChI=1S/C20H25F3N6OS.C10H9NO.CH5N.CH2O/c1-25-19-28-27-18(31-19)15-9-11-29(12-10-15)17(26-24)8-3-2-5-14-6-4-7-16(13-14)30-20(21,22)23;12-6-5-8-7-11-10-4-2-1-3-9(8)10;2*1-2/h3-4,6-8,13,15H,2,5,9-12,24H2,1H3,(H,25,28);1-4,6-7,11H,5H2;2H2,1H3;1H2/b8-3-,26-17+;;;. The first-order chi connectivity index (χ1) is 22.8. The minimum Gasteiger partial charge on any atom is -0.406 e. The van der Waals surface area contributed by atoms with Crippen LogP contribution in [-0.4, -0.2) is 72.5 Å². The van der Waals surface area contributed by atoms with Crippen molar-refractivity contribution in [2.45, 2.75) is 44.4 Å². The molecule has 254 valence electrons. The number of aromatic amines is 1. The number of aldehydes is 1. The first kappa shape index (κ1) is 38.4. The fourth-order valence-electron chi connectivity index (χ4n) is 4.81. The van der Waals surface area contributed by atoms with Crippen LogP contribution in [0, 0.1) is 0 Å². The number of nitrogens with one attached hydrogen (secondary N) is 2. The van der Waals surface area contributed by atoms with Gasteiger partial charge in [-0.1, -0.05) is 47.7 Å². The van der Waals surface area contributed by atoms with Gasteiger partial charge in [0.25, 0.3) is 0 Å². The molecule has 0 amide bonds. The number of allylic oxidation sites excluding steroid dienone is 1. The minimum atomic E-state index is -4.69. The lowest BCUT2D eigenvalue weighted by Gasteiger charge is -2.32. The molecule has 4 aromatic rings. The molecule has 0 unspecified atom stereocenters. The van der Waals surface area contributed by atoms with Gasteiger partial charge in [0.05, 0.1) is 0 Å². The van der Waals surface area contributed by atoms with Crippen LogP contribution in [-0.2, 0) is 22.4 Å². The van der Waals surface area contributed by atoms with Gasteiger partial charge < -0.3 is 41.1 Å². The highest BCUT2D eigenvalue weighted by Crippen LogP contribution is 2.31. The summed E-state index contributed by atoms with van der Waals surface area (Å²) in [5.41, 5.74) is 7.42. The SMILES string of the molecule is C=O.CN.CNc1nnc(C2CCN(C(/C=C\CCc3cccc(OC(F)(F)F)c3)=N/N)CC2)s1.O=CCc1c[nH]c2ccccc12. The van der Waals surface area contributed by atoms with Gasteiger partial charge in [0, 0.05) is 49.6 Å². The molecule has 1 aliphatic rings. The van der Waals surface area contributed by atoms with Crippen LogP contribution in [0.2, 0.25) is 0 Å². The van der Waals surface area contributed by atoms with Crippen molar-refractivity contribution < 1.29 is 27.5 Å². The number of carbonyl (C=O) groups is 2. The molecule has 0 spiro atoms. The summed E-state index contributed by atoms with van der Waals surface area (Å²) < 4.78 is 41.0. The van der Waals surface area contributed by atoms with Gasteiger partial charge in [0.2, 0.25) is 5.13 Å². The number of likely N-dealkylation sites (tertiary alicyclic amines) is 1. The fourth-order valence-corrected chi connectivity index (χ4v) is 5.68. The third-order valence-electron chi connectivity index (χ3n) is 6.93. The number of carbonyl (C=O) groups excluding carboxylic acids is 2. The van der Waals surface area contributed by atoms with E-state index >= 15 is 0 Å². The van der Waals surface area contributed by atoms with Crippen LogP contribution in [0.25, 0.3) is 10.9 Å². The Labute approximate surface area is 275 Å². The molecule has 1 fully saturated rings. The van der Waals surface area contributed by atoms with Crippen molar-refractivity contribution in [1.29, 1.82) is 0 Å². The van der Waals surface area contributed by atoms with E-state index in [1.54, 1.807) is 23.5 Å². The van der Waals surface area contributed by atoms with Crippen molar-refractivity contribution in [1.82, 2.24) is 20.1 Å². The van der Waals surface area contributed by atoms with Crippen molar-refractivity contribution in [2.75, 3.05) is 32.5 Å². The molecular weight excluding hydrogens is 633 g/mol. The molecule has 0 radical (unpaired) electrons. The van der Waals surface area contributed by atoms with Crippen LogP contribution in [0.4, 0.5) is 18.3 Å². The van der Waals surface area contributed by atoms with Crippen LogP contribution in [0.5, 0.6) is 5.75 Å². The molecular formula is C32H41F3N8O3S. The zero-order valence-electron chi connectivity index (χ0n) is 26.4. The van der Waals surface area contributed by atoms with Gasteiger partial charge in [0.1, 0.15) is 29.7 Å². The Kier molecular flexibility index (Phi) is 16.7. The first-order valence-electron chi connectivity index (χ1n) is 14.7. The molecule has 0 atom stereocenters. The summed E-state index contributed by atoms with van der Waals surface area (Å²) in [4.78, 5) is 23.5. The summed E-state index contributed by atoms with van der Waals surface area (Å²) in [6, 6.07) is 14.0. The Morgan fingerprint density at radius 2 is 1.89 bits per heavy atom. The first-order valence-corrected chi connectivity index (χ1v) is 15.5. The maximum absolute atomic E-state index is 12.4. The number of piperidine rings is 1. The minimum absolute atomic E-state index is 0.210. The number of aryl methyl sites for hydroxylation is 1. The van der Waals surface area contributed by atoms with E-state index in [4.69, 9.17) is 10.6 Å². The van der Waals surface area contributed by atoms with Gasteiger partial charge >= 0.3 is 6.36 Å². The summed E-state index contributed by atoms with van der Waals surface area (Å²) >= 11 is 1.58. The van der Waals surface area contributed by atoms with E-state index in [1.165, 1.54) is 19.2 Å². The third-order valence-corrected chi connectivity index (χ3v) is 8.03. The van der Waals surface area contributed by atoms with Gasteiger partial charge in [-0.3, -0.25) is 0 Å². The van der Waals surface area contributed by atoms with Gasteiger partial charge in [-0.2, -0.15) is 5.10 Å². The topological polar surface area (TPSA) is 165 Å². The molecule has 3 heterocycles. The Balaban J connectivity index is 0.000000397. The molecule has 15 heteroatoms. The highest BCUT2D eigenvalue weighted by molar-refractivity contribution is 7.15. The van der Waals surface area contributed by atoms with E-state index in [1.807, 2.05) is 56.5 Å². The summed E-state index contributed by atoms with van der Waals surface area (Å²) in [6.07, 6.45) is 5.51. The van der Waals surface area contributed by atoms with Crippen molar-refractivity contribution in [3.63, 3.8) is 0 Å². The van der Waals surface area contributed by atoms with E-state index in [9.17, 15) is 18.0 Å².